The van der Waals surface area contributed by atoms with Crippen molar-refractivity contribution in [2.75, 3.05) is 0 Å². The van der Waals surface area contributed by atoms with Crippen molar-refractivity contribution in [3.63, 3.8) is 0 Å². The molecule has 0 saturated heterocycles. The molecule has 30 heavy (non-hydrogen) atoms. The van der Waals surface area contributed by atoms with Gasteiger partial charge in [-0.25, -0.2) is 17.5 Å². The first-order valence-electron chi connectivity index (χ1n) is 9.93. The zero-order valence-corrected chi connectivity index (χ0v) is 19.1. The maximum absolute atomic E-state index is 14.5. The van der Waals surface area contributed by atoms with Crippen LogP contribution in [-0.2, 0) is 26.8 Å². The number of hydrogen-bond donors (Lipinski definition) is 2. The van der Waals surface area contributed by atoms with E-state index in [9.17, 15) is 22.7 Å². The van der Waals surface area contributed by atoms with E-state index in [-0.39, 0.29) is 23.2 Å². The lowest BCUT2D eigenvalue weighted by molar-refractivity contribution is -0.118. The van der Waals surface area contributed by atoms with Gasteiger partial charge in [-0.2, -0.15) is 0 Å². The first-order chi connectivity index (χ1) is 13.7. The number of hydrogen-bond acceptors (Lipinski definition) is 4. The molecular weight excluding hydrogens is 405 g/mol. The highest BCUT2D eigenvalue weighted by Crippen LogP contribution is 2.30. The topological polar surface area (TPSA) is 83.5 Å². The van der Waals surface area contributed by atoms with Crippen LogP contribution in [0.1, 0.15) is 75.6 Å². The van der Waals surface area contributed by atoms with Crippen LogP contribution in [0, 0.1) is 5.82 Å². The number of amides is 1. The van der Waals surface area contributed by atoms with E-state index in [1.54, 1.807) is 19.9 Å². The summed E-state index contributed by atoms with van der Waals surface area (Å²) in [6.07, 6.45) is -0.236. The summed E-state index contributed by atoms with van der Waals surface area (Å²) in [6, 6.07) is 8.72. The van der Waals surface area contributed by atoms with Gasteiger partial charge in [0.15, 0.2) is 0 Å². The molecule has 0 fully saturated rings. The molecule has 2 rings (SSSR count). The van der Waals surface area contributed by atoms with Crippen molar-refractivity contribution in [2.24, 2.45) is 0 Å². The van der Waals surface area contributed by atoms with Crippen LogP contribution in [0.5, 0.6) is 0 Å². The highest BCUT2D eigenvalue weighted by Gasteiger charge is 2.24. The smallest absolute Gasteiger partial charge is 0.264 e. The molecule has 7 heteroatoms. The van der Waals surface area contributed by atoms with Crippen molar-refractivity contribution in [3.05, 3.63) is 64.5 Å². The molecular formula is C23H30FNO4S. The molecule has 2 aromatic rings. The number of aliphatic hydroxyl groups is 1. The number of sulfonamides is 1. The van der Waals surface area contributed by atoms with Crippen molar-refractivity contribution in [1.82, 2.24) is 4.72 Å². The van der Waals surface area contributed by atoms with Crippen LogP contribution >= 0.6 is 0 Å². The Morgan fingerprint density at radius 1 is 1.03 bits per heavy atom. The summed E-state index contributed by atoms with van der Waals surface area (Å²) in [5, 5.41) is 10.0. The summed E-state index contributed by atoms with van der Waals surface area (Å²) < 4.78 is 41.8. The van der Waals surface area contributed by atoms with Gasteiger partial charge >= 0.3 is 0 Å². The van der Waals surface area contributed by atoms with Crippen LogP contribution in [0.2, 0.25) is 0 Å². The molecule has 0 aliphatic rings. The fourth-order valence-corrected chi connectivity index (χ4v) is 4.45. The Bertz CT molecular complexity index is 1020. The summed E-state index contributed by atoms with van der Waals surface area (Å²) in [4.78, 5) is 12.5. The van der Waals surface area contributed by atoms with Crippen LogP contribution in [0.3, 0.4) is 0 Å². The highest BCUT2D eigenvalue weighted by atomic mass is 32.2. The minimum atomic E-state index is -4.09. The minimum Gasteiger partial charge on any atom is -0.386 e. The second kappa shape index (κ2) is 8.86. The molecule has 1 amide bonds. The van der Waals surface area contributed by atoms with Gasteiger partial charge in [0.1, 0.15) is 5.82 Å². The maximum atomic E-state index is 14.5. The van der Waals surface area contributed by atoms with Gasteiger partial charge in [-0.05, 0) is 66.1 Å². The third-order valence-electron chi connectivity index (χ3n) is 5.00. The number of benzene rings is 2. The predicted molar refractivity (Wildman–Crippen MR) is 115 cm³/mol. The molecule has 0 spiro atoms. The molecule has 0 aliphatic carbocycles. The lowest BCUT2D eigenvalue weighted by atomic mass is 9.86. The van der Waals surface area contributed by atoms with E-state index in [2.05, 4.69) is 4.72 Å². The third-order valence-corrected chi connectivity index (χ3v) is 6.39. The van der Waals surface area contributed by atoms with Gasteiger partial charge in [-0.1, -0.05) is 45.9 Å². The summed E-state index contributed by atoms with van der Waals surface area (Å²) in [5.41, 5.74) is 1.23. The molecule has 0 atom stereocenters. The van der Waals surface area contributed by atoms with Crippen LogP contribution in [0.15, 0.2) is 41.3 Å². The average molecular weight is 436 g/mol. The number of halogens is 1. The molecule has 0 bridgehead atoms. The SMILES string of the molecule is CC(C)c1ccc(F)c(C(C)C)c1CC(=O)NS(=O)(=O)c1ccc(C(C)(C)O)cc1. The zero-order valence-electron chi connectivity index (χ0n) is 18.3. The molecule has 0 radical (unpaired) electrons. The largest absolute Gasteiger partial charge is 0.386 e. The van der Waals surface area contributed by atoms with Crippen molar-refractivity contribution in [1.29, 1.82) is 0 Å². The monoisotopic (exact) mass is 435 g/mol. The van der Waals surface area contributed by atoms with Gasteiger partial charge in [0.2, 0.25) is 5.91 Å². The normalized spacial score (nSPS) is 12.5. The third kappa shape index (κ3) is 5.46. The van der Waals surface area contributed by atoms with Gasteiger partial charge in [-0.15, -0.1) is 0 Å². The minimum absolute atomic E-state index is 0.0527. The van der Waals surface area contributed by atoms with E-state index in [1.807, 2.05) is 27.7 Å². The molecule has 0 heterocycles. The van der Waals surface area contributed by atoms with Gasteiger partial charge in [0, 0.05) is 0 Å². The molecule has 5 nitrogen and oxygen atoms in total. The fraction of sp³-hybridized carbons (Fsp3) is 0.435. The average Bonchev–Trinajstić information content (AvgIpc) is 2.60. The number of carbonyl (C=O) groups excluding carboxylic acids is 1. The van der Waals surface area contributed by atoms with Gasteiger partial charge in [0.05, 0.1) is 16.9 Å². The van der Waals surface area contributed by atoms with Crippen molar-refractivity contribution in [3.8, 4) is 0 Å². The van der Waals surface area contributed by atoms with E-state index < -0.39 is 27.3 Å². The summed E-state index contributed by atoms with van der Waals surface area (Å²) in [6.45, 7) is 10.8. The maximum Gasteiger partial charge on any atom is 0.264 e. The number of rotatable bonds is 7. The molecule has 0 aromatic heterocycles. The summed E-state index contributed by atoms with van der Waals surface area (Å²) >= 11 is 0. The first-order valence-corrected chi connectivity index (χ1v) is 11.4. The molecule has 0 saturated carbocycles. The van der Waals surface area contributed by atoms with Gasteiger partial charge < -0.3 is 5.11 Å². The van der Waals surface area contributed by atoms with E-state index in [0.717, 1.165) is 5.56 Å². The van der Waals surface area contributed by atoms with E-state index in [0.29, 0.717) is 16.7 Å². The van der Waals surface area contributed by atoms with E-state index >= 15 is 0 Å². The lowest BCUT2D eigenvalue weighted by Crippen LogP contribution is -2.32. The summed E-state index contributed by atoms with van der Waals surface area (Å²) in [5.74, 6) is -1.23. The predicted octanol–water partition coefficient (Wildman–Crippen LogP) is 4.35. The van der Waals surface area contributed by atoms with Gasteiger partial charge in [0.25, 0.3) is 10.0 Å². The Kier molecular flexibility index (Phi) is 7.09. The van der Waals surface area contributed by atoms with Crippen LogP contribution < -0.4 is 4.72 Å². The zero-order chi connectivity index (χ0) is 22.9. The Hall–Kier alpha value is -2.25. The molecule has 164 valence electrons. The molecule has 2 aromatic carbocycles. The summed E-state index contributed by atoms with van der Waals surface area (Å²) in [7, 11) is -4.09. The van der Waals surface area contributed by atoms with Crippen LogP contribution in [0.4, 0.5) is 4.39 Å². The highest BCUT2D eigenvalue weighted by molar-refractivity contribution is 7.90. The first kappa shape index (κ1) is 24.0. The fourth-order valence-electron chi connectivity index (χ4n) is 3.46. The standard InChI is InChI=1S/C23H30FNO4S/c1-14(2)18-11-12-20(24)22(15(3)4)19(18)13-21(26)25-30(28,29)17-9-7-16(8-10-17)23(5,6)27/h7-12,14-15,27H,13H2,1-6H3,(H,25,26). The second-order valence-corrected chi connectivity index (χ2v) is 10.3. The number of carbonyl (C=O) groups is 1. The van der Waals surface area contributed by atoms with E-state index in [1.165, 1.54) is 30.3 Å². The molecule has 0 aliphatic heterocycles. The van der Waals surface area contributed by atoms with Crippen LogP contribution in [-0.4, -0.2) is 19.4 Å². The Labute approximate surface area is 178 Å². The van der Waals surface area contributed by atoms with E-state index in [4.69, 9.17) is 0 Å². The lowest BCUT2D eigenvalue weighted by Gasteiger charge is -2.20. The van der Waals surface area contributed by atoms with Crippen molar-refractivity contribution < 1.29 is 22.7 Å². The Morgan fingerprint density at radius 2 is 1.60 bits per heavy atom. The van der Waals surface area contributed by atoms with Gasteiger partial charge in [-0.3, -0.25) is 4.79 Å². The van der Waals surface area contributed by atoms with Crippen molar-refractivity contribution in [2.45, 2.75) is 70.3 Å². The Balaban J connectivity index is 2.32. The second-order valence-electron chi connectivity index (χ2n) is 8.63. The molecule has 0 unspecified atom stereocenters. The number of nitrogens with one attached hydrogen (secondary N) is 1. The molecule has 2 N–H and O–H groups in total. The quantitative estimate of drug-likeness (QED) is 0.677. The van der Waals surface area contributed by atoms with Crippen molar-refractivity contribution >= 4 is 15.9 Å². The Morgan fingerprint density at radius 3 is 2.07 bits per heavy atom. The van der Waals surface area contributed by atoms with Crippen LogP contribution in [0.25, 0.3) is 0 Å².